The summed E-state index contributed by atoms with van der Waals surface area (Å²) in [4.78, 5) is 6.31. The maximum absolute atomic E-state index is 6.04. The first-order chi connectivity index (χ1) is 7.25. The highest BCUT2D eigenvalue weighted by Crippen LogP contribution is 2.22. The number of aromatic nitrogens is 1. The van der Waals surface area contributed by atoms with Gasteiger partial charge in [0.2, 0.25) is 0 Å². The minimum absolute atomic E-state index is 0.503. The Hall–Kier alpha value is -0.800. The first-order valence-corrected chi connectivity index (χ1v) is 5.68. The zero-order chi connectivity index (χ0) is 10.7. The Kier molecular flexibility index (Phi) is 3.44. The number of hydrogen-bond donors (Lipinski definition) is 1. The van der Waals surface area contributed by atoms with Gasteiger partial charge in [-0.2, -0.15) is 0 Å². The molecule has 1 fully saturated rings. The summed E-state index contributed by atoms with van der Waals surface area (Å²) < 4.78 is 0. The van der Waals surface area contributed by atoms with E-state index >= 15 is 0 Å². The van der Waals surface area contributed by atoms with Gasteiger partial charge in [-0.1, -0.05) is 11.6 Å². The second-order valence-corrected chi connectivity index (χ2v) is 4.51. The second kappa shape index (κ2) is 4.81. The van der Waals surface area contributed by atoms with Crippen molar-refractivity contribution in [2.24, 2.45) is 0 Å². The van der Waals surface area contributed by atoms with Crippen LogP contribution in [0.1, 0.15) is 12.8 Å². The largest absolute Gasteiger partial charge is 0.380 e. The van der Waals surface area contributed by atoms with Gasteiger partial charge in [-0.05, 0) is 32.5 Å². The number of nitrogens with zero attached hydrogens (tertiary/aromatic N) is 2. The zero-order valence-electron chi connectivity index (χ0n) is 8.91. The van der Waals surface area contributed by atoms with Gasteiger partial charge in [0.25, 0.3) is 0 Å². The van der Waals surface area contributed by atoms with Crippen molar-refractivity contribution in [1.82, 2.24) is 9.88 Å². The normalized spacial score (nSPS) is 22.7. The standard InChI is InChI=1S/C11H16ClN3/c1-15-6-2-3-9(8-15)14-11-4-5-13-7-10(11)12/h4-5,7,9H,2-3,6,8H2,1H3,(H,13,14). The van der Waals surface area contributed by atoms with E-state index in [0.29, 0.717) is 11.1 Å². The van der Waals surface area contributed by atoms with E-state index in [-0.39, 0.29) is 0 Å². The van der Waals surface area contributed by atoms with E-state index in [1.165, 1.54) is 19.4 Å². The summed E-state index contributed by atoms with van der Waals surface area (Å²) in [5.41, 5.74) is 0.993. The van der Waals surface area contributed by atoms with E-state index in [2.05, 4.69) is 22.2 Å². The third kappa shape index (κ3) is 2.83. The maximum Gasteiger partial charge on any atom is 0.0820 e. The molecular formula is C11H16ClN3. The third-order valence-corrected chi connectivity index (χ3v) is 3.06. The predicted molar refractivity (Wildman–Crippen MR) is 63.4 cm³/mol. The fraction of sp³-hybridized carbons (Fsp3) is 0.545. The molecule has 1 N–H and O–H groups in total. The quantitative estimate of drug-likeness (QED) is 0.837. The molecule has 0 spiro atoms. The summed E-state index contributed by atoms with van der Waals surface area (Å²) >= 11 is 6.04. The number of hydrogen-bond acceptors (Lipinski definition) is 3. The molecule has 4 heteroatoms. The summed E-state index contributed by atoms with van der Waals surface area (Å²) in [6, 6.07) is 2.43. The monoisotopic (exact) mass is 225 g/mol. The van der Waals surface area contributed by atoms with E-state index in [0.717, 1.165) is 12.2 Å². The van der Waals surface area contributed by atoms with Gasteiger partial charge in [-0.15, -0.1) is 0 Å². The van der Waals surface area contributed by atoms with Gasteiger partial charge in [0.1, 0.15) is 0 Å². The third-order valence-electron chi connectivity index (χ3n) is 2.76. The Morgan fingerprint density at radius 1 is 1.60 bits per heavy atom. The van der Waals surface area contributed by atoms with E-state index < -0.39 is 0 Å². The first kappa shape index (κ1) is 10.7. The van der Waals surface area contributed by atoms with E-state index in [1.54, 1.807) is 12.4 Å². The molecule has 1 atom stereocenters. The summed E-state index contributed by atoms with van der Waals surface area (Å²) in [7, 11) is 2.15. The van der Waals surface area contributed by atoms with Gasteiger partial charge in [0, 0.05) is 25.0 Å². The topological polar surface area (TPSA) is 28.2 Å². The van der Waals surface area contributed by atoms with Crippen LogP contribution in [0, 0.1) is 0 Å². The summed E-state index contributed by atoms with van der Waals surface area (Å²) in [6.07, 6.45) is 5.90. The van der Waals surface area contributed by atoms with E-state index in [1.807, 2.05) is 6.07 Å². The van der Waals surface area contributed by atoms with Crippen molar-refractivity contribution >= 4 is 17.3 Å². The minimum atomic E-state index is 0.503. The molecule has 0 radical (unpaired) electrons. The average molecular weight is 226 g/mol. The van der Waals surface area contributed by atoms with Gasteiger partial charge >= 0.3 is 0 Å². The van der Waals surface area contributed by atoms with Crippen LogP contribution in [0.5, 0.6) is 0 Å². The number of rotatable bonds is 2. The second-order valence-electron chi connectivity index (χ2n) is 4.10. The summed E-state index contributed by atoms with van der Waals surface area (Å²) in [5.74, 6) is 0. The molecule has 15 heavy (non-hydrogen) atoms. The molecule has 2 rings (SSSR count). The van der Waals surface area contributed by atoms with Crippen LogP contribution in [-0.2, 0) is 0 Å². The number of halogens is 1. The SMILES string of the molecule is CN1CCCC(Nc2ccncc2Cl)C1. The molecule has 1 aromatic rings. The highest BCUT2D eigenvalue weighted by atomic mass is 35.5. The molecule has 0 bridgehead atoms. The Balaban J connectivity index is 1.99. The van der Waals surface area contributed by atoms with Crippen LogP contribution in [0.4, 0.5) is 5.69 Å². The van der Waals surface area contributed by atoms with Crippen LogP contribution in [0.2, 0.25) is 5.02 Å². The lowest BCUT2D eigenvalue weighted by Crippen LogP contribution is -2.39. The predicted octanol–water partition coefficient (Wildman–Crippen LogP) is 2.24. The molecular weight excluding hydrogens is 210 g/mol. The summed E-state index contributed by atoms with van der Waals surface area (Å²) in [6.45, 7) is 2.28. The van der Waals surface area contributed by atoms with Crippen LogP contribution < -0.4 is 5.32 Å². The van der Waals surface area contributed by atoms with Crippen LogP contribution in [-0.4, -0.2) is 36.1 Å². The number of likely N-dealkylation sites (N-methyl/N-ethyl adjacent to an activating group) is 1. The number of likely N-dealkylation sites (tertiary alicyclic amines) is 1. The average Bonchev–Trinajstić information content (AvgIpc) is 2.22. The first-order valence-electron chi connectivity index (χ1n) is 5.30. The van der Waals surface area contributed by atoms with E-state index in [4.69, 9.17) is 11.6 Å². The highest BCUT2D eigenvalue weighted by molar-refractivity contribution is 6.33. The molecule has 0 amide bonds. The van der Waals surface area contributed by atoms with Gasteiger partial charge in [-0.25, -0.2) is 0 Å². The van der Waals surface area contributed by atoms with Crippen molar-refractivity contribution in [3.05, 3.63) is 23.5 Å². The van der Waals surface area contributed by atoms with Crippen LogP contribution in [0.15, 0.2) is 18.5 Å². The molecule has 82 valence electrons. The van der Waals surface area contributed by atoms with Crippen LogP contribution in [0.3, 0.4) is 0 Å². The Labute approximate surface area is 95.4 Å². The molecule has 1 aliphatic heterocycles. The van der Waals surface area contributed by atoms with Crippen molar-refractivity contribution in [1.29, 1.82) is 0 Å². The van der Waals surface area contributed by atoms with Gasteiger partial charge in [0.15, 0.2) is 0 Å². The molecule has 0 saturated carbocycles. The lowest BCUT2D eigenvalue weighted by atomic mass is 10.1. The van der Waals surface area contributed by atoms with Gasteiger partial charge in [-0.3, -0.25) is 4.98 Å². The Morgan fingerprint density at radius 2 is 2.47 bits per heavy atom. The molecule has 0 aromatic carbocycles. The Bertz CT molecular complexity index is 329. The maximum atomic E-state index is 6.04. The molecule has 1 aliphatic rings. The Morgan fingerprint density at radius 3 is 3.20 bits per heavy atom. The van der Waals surface area contributed by atoms with Crippen molar-refractivity contribution < 1.29 is 0 Å². The molecule has 1 aromatic heterocycles. The zero-order valence-corrected chi connectivity index (χ0v) is 9.67. The van der Waals surface area contributed by atoms with Gasteiger partial charge < -0.3 is 10.2 Å². The molecule has 0 aliphatic carbocycles. The molecule has 1 saturated heterocycles. The number of anilines is 1. The van der Waals surface area contributed by atoms with E-state index in [9.17, 15) is 0 Å². The lowest BCUT2D eigenvalue weighted by Gasteiger charge is -2.31. The molecule has 3 nitrogen and oxygen atoms in total. The molecule has 1 unspecified atom stereocenters. The van der Waals surface area contributed by atoms with Crippen molar-refractivity contribution in [2.75, 3.05) is 25.5 Å². The minimum Gasteiger partial charge on any atom is -0.380 e. The summed E-state index contributed by atoms with van der Waals surface area (Å²) in [5, 5.41) is 4.17. The highest BCUT2D eigenvalue weighted by Gasteiger charge is 2.17. The fourth-order valence-corrected chi connectivity index (χ4v) is 2.17. The van der Waals surface area contributed by atoms with Crippen LogP contribution >= 0.6 is 11.6 Å². The van der Waals surface area contributed by atoms with Crippen LogP contribution in [0.25, 0.3) is 0 Å². The smallest absolute Gasteiger partial charge is 0.0820 e. The number of piperidine rings is 1. The number of nitrogens with one attached hydrogen (secondary N) is 1. The van der Waals surface area contributed by atoms with Crippen molar-refractivity contribution in [2.45, 2.75) is 18.9 Å². The number of pyridine rings is 1. The lowest BCUT2D eigenvalue weighted by molar-refractivity contribution is 0.261. The van der Waals surface area contributed by atoms with Crippen molar-refractivity contribution in [3.63, 3.8) is 0 Å². The van der Waals surface area contributed by atoms with Gasteiger partial charge in [0.05, 0.1) is 10.7 Å². The van der Waals surface area contributed by atoms with Crippen molar-refractivity contribution in [3.8, 4) is 0 Å². The molecule has 2 heterocycles. The fourth-order valence-electron chi connectivity index (χ4n) is 2.00.